The Bertz CT molecular complexity index is 559. The number of aliphatic hydroxyl groups excluding tert-OH is 1. The average Bonchev–Trinajstić information content (AvgIpc) is 3.17. The number of urea groups is 1. The van der Waals surface area contributed by atoms with Crippen LogP contribution in [0.3, 0.4) is 0 Å². The van der Waals surface area contributed by atoms with Crippen LogP contribution in [0.2, 0.25) is 0 Å². The third-order valence-electron chi connectivity index (χ3n) is 4.58. The fraction of sp³-hybridized carbons (Fsp3) is 0.647. The second-order valence-corrected chi connectivity index (χ2v) is 6.46. The maximum atomic E-state index is 12.4. The molecule has 3 rings (SSSR count). The monoisotopic (exact) mass is 349 g/mol. The number of pyridine rings is 1. The Balaban J connectivity index is 1.56. The first-order chi connectivity index (χ1) is 12.3. The minimum atomic E-state index is -0.319. The molecule has 3 N–H and O–H groups in total. The van der Waals surface area contributed by atoms with E-state index in [-0.39, 0.29) is 18.7 Å². The van der Waals surface area contributed by atoms with Crippen molar-refractivity contribution in [2.24, 2.45) is 0 Å². The van der Waals surface area contributed by atoms with Crippen LogP contribution in [0.15, 0.2) is 18.3 Å². The Kier molecular flexibility index (Phi) is 6.43. The fourth-order valence-corrected chi connectivity index (χ4v) is 3.26. The SMILES string of the molecule is O=C(Nc1cccnc1N1CCCC1)NC(CO)CN1CCOCC1. The van der Waals surface area contributed by atoms with Crippen molar-refractivity contribution < 1.29 is 14.6 Å². The van der Waals surface area contributed by atoms with Crippen LogP contribution < -0.4 is 15.5 Å². The van der Waals surface area contributed by atoms with E-state index in [0.29, 0.717) is 25.4 Å². The van der Waals surface area contributed by atoms with Crippen LogP contribution in [0.5, 0.6) is 0 Å². The number of anilines is 2. The van der Waals surface area contributed by atoms with Crippen LogP contribution in [0, 0.1) is 0 Å². The van der Waals surface area contributed by atoms with Gasteiger partial charge in [-0.2, -0.15) is 0 Å². The molecule has 2 saturated heterocycles. The number of hydrogen-bond acceptors (Lipinski definition) is 6. The number of amides is 2. The van der Waals surface area contributed by atoms with Crippen molar-refractivity contribution in [1.29, 1.82) is 0 Å². The van der Waals surface area contributed by atoms with Crippen LogP contribution in [-0.4, -0.2) is 79.6 Å². The lowest BCUT2D eigenvalue weighted by Crippen LogP contribution is -2.50. The molecule has 1 aromatic rings. The molecule has 8 heteroatoms. The van der Waals surface area contributed by atoms with Crippen molar-refractivity contribution in [2.75, 3.05) is 62.8 Å². The maximum absolute atomic E-state index is 12.4. The summed E-state index contributed by atoms with van der Waals surface area (Å²) in [7, 11) is 0. The highest BCUT2D eigenvalue weighted by molar-refractivity contribution is 5.92. The Morgan fingerprint density at radius 1 is 1.28 bits per heavy atom. The first kappa shape index (κ1) is 17.9. The molecule has 8 nitrogen and oxygen atoms in total. The largest absolute Gasteiger partial charge is 0.394 e. The van der Waals surface area contributed by atoms with E-state index in [4.69, 9.17) is 4.74 Å². The van der Waals surface area contributed by atoms with Gasteiger partial charge in [-0.05, 0) is 25.0 Å². The maximum Gasteiger partial charge on any atom is 0.319 e. The van der Waals surface area contributed by atoms with Gasteiger partial charge in [0.05, 0.1) is 31.5 Å². The average molecular weight is 349 g/mol. The standard InChI is InChI=1S/C17H27N5O3/c23-13-14(12-21-8-10-25-11-9-21)19-17(24)20-15-4-3-5-18-16(15)22-6-1-2-7-22/h3-5,14,23H,1-2,6-13H2,(H2,19,20,24). The van der Waals surface area contributed by atoms with Crippen LogP contribution in [0.25, 0.3) is 0 Å². The quantitative estimate of drug-likeness (QED) is 0.693. The highest BCUT2D eigenvalue weighted by Gasteiger charge is 2.20. The predicted octanol–water partition coefficient (Wildman–Crippen LogP) is 0.496. The van der Waals surface area contributed by atoms with Crippen molar-refractivity contribution in [3.8, 4) is 0 Å². The number of carbonyl (C=O) groups excluding carboxylic acids is 1. The van der Waals surface area contributed by atoms with E-state index < -0.39 is 0 Å². The molecule has 0 radical (unpaired) electrons. The van der Waals surface area contributed by atoms with Crippen LogP contribution in [0.4, 0.5) is 16.3 Å². The lowest BCUT2D eigenvalue weighted by molar-refractivity contribution is 0.0308. The molecule has 0 aromatic carbocycles. The summed E-state index contributed by atoms with van der Waals surface area (Å²) in [4.78, 5) is 21.2. The predicted molar refractivity (Wildman–Crippen MR) is 96.0 cm³/mol. The minimum Gasteiger partial charge on any atom is -0.394 e. The van der Waals surface area contributed by atoms with E-state index >= 15 is 0 Å². The van der Waals surface area contributed by atoms with Crippen molar-refractivity contribution in [3.63, 3.8) is 0 Å². The third-order valence-corrected chi connectivity index (χ3v) is 4.58. The van der Waals surface area contributed by atoms with Gasteiger partial charge in [0, 0.05) is 38.9 Å². The molecule has 25 heavy (non-hydrogen) atoms. The van der Waals surface area contributed by atoms with E-state index in [1.54, 1.807) is 6.20 Å². The first-order valence-corrected chi connectivity index (χ1v) is 8.94. The normalized spacial score (nSPS) is 19.6. The molecule has 2 fully saturated rings. The van der Waals surface area contributed by atoms with Crippen LogP contribution in [0.1, 0.15) is 12.8 Å². The van der Waals surface area contributed by atoms with Crippen molar-refractivity contribution in [2.45, 2.75) is 18.9 Å². The molecule has 3 heterocycles. The highest BCUT2D eigenvalue weighted by Crippen LogP contribution is 2.25. The molecule has 0 saturated carbocycles. The summed E-state index contributed by atoms with van der Waals surface area (Å²) in [5.74, 6) is 0.809. The van der Waals surface area contributed by atoms with E-state index in [0.717, 1.165) is 44.8 Å². The molecule has 0 spiro atoms. The number of aliphatic hydroxyl groups is 1. The number of rotatable bonds is 6. The first-order valence-electron chi connectivity index (χ1n) is 8.94. The number of nitrogens with one attached hydrogen (secondary N) is 2. The second kappa shape index (κ2) is 8.98. The van der Waals surface area contributed by atoms with E-state index in [9.17, 15) is 9.90 Å². The molecular weight excluding hydrogens is 322 g/mol. The number of morpholine rings is 1. The summed E-state index contributed by atoms with van der Waals surface area (Å²) in [6, 6.07) is 3.04. The van der Waals surface area contributed by atoms with Crippen molar-refractivity contribution in [3.05, 3.63) is 18.3 Å². The molecule has 0 aliphatic carbocycles. The molecule has 2 amide bonds. The van der Waals surface area contributed by atoms with Crippen LogP contribution >= 0.6 is 0 Å². The Labute approximate surface area is 148 Å². The zero-order valence-corrected chi connectivity index (χ0v) is 14.5. The van der Waals surface area contributed by atoms with Gasteiger partial charge in [-0.25, -0.2) is 9.78 Å². The molecule has 1 unspecified atom stereocenters. The van der Waals surface area contributed by atoms with Gasteiger partial charge in [0.25, 0.3) is 0 Å². The molecule has 1 atom stereocenters. The van der Waals surface area contributed by atoms with Gasteiger partial charge < -0.3 is 25.4 Å². The summed E-state index contributed by atoms with van der Waals surface area (Å²) < 4.78 is 5.32. The van der Waals surface area contributed by atoms with Gasteiger partial charge >= 0.3 is 6.03 Å². The topological polar surface area (TPSA) is 90.0 Å². The molecular formula is C17H27N5O3. The molecule has 1 aromatic heterocycles. The Morgan fingerprint density at radius 2 is 2.04 bits per heavy atom. The van der Waals surface area contributed by atoms with Gasteiger partial charge in [0.15, 0.2) is 5.82 Å². The third kappa shape index (κ3) is 5.04. The summed E-state index contributed by atoms with van der Waals surface area (Å²) >= 11 is 0. The smallest absolute Gasteiger partial charge is 0.319 e. The number of nitrogens with zero attached hydrogens (tertiary/aromatic N) is 3. The number of hydrogen-bond donors (Lipinski definition) is 3. The molecule has 138 valence electrons. The van der Waals surface area contributed by atoms with E-state index in [1.165, 1.54) is 0 Å². The Hall–Kier alpha value is -1.90. The Morgan fingerprint density at radius 3 is 2.76 bits per heavy atom. The molecule has 2 aliphatic rings. The minimum absolute atomic E-state index is 0.100. The molecule has 2 aliphatic heterocycles. The summed E-state index contributed by atoms with van der Waals surface area (Å²) in [6.07, 6.45) is 4.04. The van der Waals surface area contributed by atoms with Crippen molar-refractivity contribution >= 4 is 17.5 Å². The van der Waals surface area contributed by atoms with Gasteiger partial charge in [-0.3, -0.25) is 4.90 Å². The van der Waals surface area contributed by atoms with E-state index in [1.807, 2.05) is 12.1 Å². The highest BCUT2D eigenvalue weighted by atomic mass is 16.5. The molecule has 0 bridgehead atoms. The zero-order valence-electron chi connectivity index (χ0n) is 14.5. The summed E-state index contributed by atoms with van der Waals surface area (Å²) in [6.45, 7) is 5.46. The number of carbonyl (C=O) groups is 1. The lowest BCUT2D eigenvalue weighted by atomic mass is 10.2. The van der Waals surface area contributed by atoms with Crippen molar-refractivity contribution in [1.82, 2.24) is 15.2 Å². The van der Waals surface area contributed by atoms with Crippen LogP contribution in [-0.2, 0) is 4.74 Å². The summed E-state index contributed by atoms with van der Waals surface area (Å²) in [5, 5.41) is 15.3. The number of aromatic nitrogens is 1. The van der Waals surface area contributed by atoms with Gasteiger partial charge in [0.1, 0.15) is 0 Å². The van der Waals surface area contributed by atoms with E-state index in [2.05, 4.69) is 25.4 Å². The number of ether oxygens (including phenoxy) is 1. The second-order valence-electron chi connectivity index (χ2n) is 6.46. The van der Waals surface area contributed by atoms with Gasteiger partial charge in [0.2, 0.25) is 0 Å². The van der Waals surface area contributed by atoms with Gasteiger partial charge in [-0.15, -0.1) is 0 Å². The zero-order chi connectivity index (χ0) is 17.5. The fourth-order valence-electron chi connectivity index (χ4n) is 3.26. The lowest BCUT2D eigenvalue weighted by Gasteiger charge is -2.30. The van der Waals surface area contributed by atoms with Gasteiger partial charge in [-0.1, -0.05) is 0 Å². The summed E-state index contributed by atoms with van der Waals surface area (Å²) in [5.41, 5.74) is 0.699.